The number of nitrogens with one attached hydrogen (secondary N) is 1. The number of amides is 1. The van der Waals surface area contributed by atoms with Gasteiger partial charge in [-0.2, -0.15) is 15.1 Å². The fraction of sp³-hybridized carbons (Fsp3) is 0.167. The number of furan rings is 1. The second kappa shape index (κ2) is 7.49. The molecule has 7 nitrogen and oxygen atoms in total. The van der Waals surface area contributed by atoms with E-state index in [1.54, 1.807) is 24.5 Å². The lowest BCUT2D eigenvalue weighted by molar-refractivity contribution is -0.114. The van der Waals surface area contributed by atoms with Crippen LogP contribution in [0.25, 0.3) is 11.8 Å². The number of hydrogen-bond donors (Lipinski definition) is 1. The molecule has 0 saturated heterocycles. The van der Waals surface area contributed by atoms with Crippen LogP contribution >= 0.6 is 11.8 Å². The molecule has 4 heterocycles. The third-order valence-electron chi connectivity index (χ3n) is 5.62. The fourth-order valence-corrected chi connectivity index (χ4v) is 4.94. The average Bonchev–Trinajstić information content (AvgIpc) is 3.47. The highest BCUT2D eigenvalue weighted by Crippen LogP contribution is 2.32. The van der Waals surface area contributed by atoms with Crippen molar-refractivity contribution in [2.45, 2.75) is 27.7 Å². The number of carbonyl (C=O) groups excluding carboxylic acids is 1. The van der Waals surface area contributed by atoms with Crippen molar-refractivity contribution in [1.29, 1.82) is 5.41 Å². The van der Waals surface area contributed by atoms with E-state index in [9.17, 15) is 4.79 Å². The summed E-state index contributed by atoms with van der Waals surface area (Å²) in [5, 5.41) is 15.4. The second-order valence-corrected chi connectivity index (χ2v) is 8.76. The quantitative estimate of drug-likeness (QED) is 0.579. The molecule has 0 aliphatic carbocycles. The molecule has 32 heavy (non-hydrogen) atoms. The summed E-state index contributed by atoms with van der Waals surface area (Å²) in [6, 6.07) is 11.8. The van der Waals surface area contributed by atoms with E-state index < -0.39 is 5.91 Å². The molecule has 0 saturated carbocycles. The minimum atomic E-state index is -0.443. The number of benzene rings is 1. The Bertz CT molecular complexity index is 1360. The van der Waals surface area contributed by atoms with E-state index in [1.807, 2.05) is 26.0 Å². The van der Waals surface area contributed by atoms with Gasteiger partial charge in [-0.05, 0) is 80.4 Å². The Labute approximate surface area is 189 Å². The second-order valence-electron chi connectivity index (χ2n) is 7.80. The number of aromatic nitrogens is 1. The van der Waals surface area contributed by atoms with Gasteiger partial charge < -0.3 is 8.98 Å². The lowest BCUT2D eigenvalue weighted by Crippen LogP contribution is -2.35. The van der Waals surface area contributed by atoms with Gasteiger partial charge in [0.2, 0.25) is 5.17 Å². The van der Waals surface area contributed by atoms with Gasteiger partial charge in [0, 0.05) is 11.4 Å². The van der Waals surface area contributed by atoms with Crippen LogP contribution in [0.3, 0.4) is 0 Å². The average molecular weight is 444 g/mol. The monoisotopic (exact) mass is 443 g/mol. The molecule has 0 atom stereocenters. The van der Waals surface area contributed by atoms with Crippen LogP contribution < -0.4 is 0 Å². The van der Waals surface area contributed by atoms with Crippen molar-refractivity contribution < 1.29 is 9.21 Å². The maximum absolute atomic E-state index is 12.8. The number of nitrogens with zero attached hydrogens (tertiary/aromatic N) is 4. The molecule has 160 valence electrons. The summed E-state index contributed by atoms with van der Waals surface area (Å²) in [5.41, 5.74) is 6.63. The first-order chi connectivity index (χ1) is 15.3. The van der Waals surface area contributed by atoms with Crippen LogP contribution in [0.1, 0.15) is 33.8 Å². The number of aliphatic imine (C=N–C) groups is 1. The highest BCUT2D eigenvalue weighted by molar-refractivity contribution is 8.27. The molecule has 5 rings (SSSR count). The Morgan fingerprint density at radius 1 is 1.09 bits per heavy atom. The highest BCUT2D eigenvalue weighted by Gasteiger charge is 2.36. The molecule has 3 aromatic rings. The maximum atomic E-state index is 12.8. The van der Waals surface area contributed by atoms with E-state index in [4.69, 9.17) is 9.83 Å². The Morgan fingerprint density at radius 3 is 2.53 bits per heavy atom. The molecule has 1 N–H and O–H groups in total. The lowest BCUT2D eigenvalue weighted by atomic mass is 10.1. The number of para-hydroxylation sites is 1. The number of hydrazone groups is 1. The van der Waals surface area contributed by atoms with Crippen LogP contribution in [0.5, 0.6) is 0 Å². The van der Waals surface area contributed by atoms with Gasteiger partial charge in [-0.1, -0.05) is 18.2 Å². The number of thioether (sulfide) groups is 1. The molecule has 1 amide bonds. The van der Waals surface area contributed by atoms with Crippen LogP contribution in [0, 0.1) is 33.1 Å². The molecule has 1 aromatic carbocycles. The first kappa shape index (κ1) is 20.3. The third kappa shape index (κ3) is 3.15. The first-order valence-corrected chi connectivity index (χ1v) is 11.0. The number of fused-ring (bicyclic) bond motifs is 1. The third-order valence-corrected chi connectivity index (χ3v) is 6.54. The van der Waals surface area contributed by atoms with E-state index in [0.29, 0.717) is 16.0 Å². The number of amidine groups is 2. The van der Waals surface area contributed by atoms with Crippen molar-refractivity contribution in [3.8, 4) is 5.69 Å². The summed E-state index contributed by atoms with van der Waals surface area (Å²) >= 11 is 1.22. The molecule has 2 aliphatic rings. The van der Waals surface area contributed by atoms with Gasteiger partial charge in [-0.15, -0.1) is 0 Å². The summed E-state index contributed by atoms with van der Waals surface area (Å²) in [4.78, 5) is 17.0. The molecule has 0 spiro atoms. The smallest absolute Gasteiger partial charge is 0.283 e. The van der Waals surface area contributed by atoms with Gasteiger partial charge in [0.05, 0.1) is 17.5 Å². The fourth-order valence-electron chi connectivity index (χ4n) is 4.08. The number of rotatable bonds is 3. The molecule has 0 unspecified atom stereocenters. The van der Waals surface area contributed by atoms with Crippen molar-refractivity contribution in [1.82, 2.24) is 9.58 Å². The predicted molar refractivity (Wildman–Crippen MR) is 128 cm³/mol. The zero-order valence-corrected chi connectivity index (χ0v) is 18.9. The summed E-state index contributed by atoms with van der Waals surface area (Å²) in [5.74, 6) is 0.141. The van der Waals surface area contributed by atoms with E-state index in [2.05, 4.69) is 40.6 Å². The first-order valence-electron chi connectivity index (χ1n) is 10.1. The van der Waals surface area contributed by atoms with Crippen LogP contribution in [0.2, 0.25) is 0 Å². The van der Waals surface area contributed by atoms with Crippen molar-refractivity contribution in [2.24, 2.45) is 10.1 Å². The number of hydrogen-bond acceptors (Lipinski definition) is 5. The number of aryl methyl sites for hydroxylation is 3. The molecule has 0 bridgehead atoms. The Hall–Kier alpha value is -3.65. The topological polar surface area (TPSA) is 86.9 Å². The molecule has 0 fully saturated rings. The Balaban J connectivity index is 1.56. The van der Waals surface area contributed by atoms with Crippen LogP contribution in [0.4, 0.5) is 0 Å². The van der Waals surface area contributed by atoms with E-state index in [1.165, 1.54) is 27.9 Å². The van der Waals surface area contributed by atoms with E-state index in [-0.39, 0.29) is 11.4 Å². The van der Waals surface area contributed by atoms with Gasteiger partial charge in [0.1, 0.15) is 0 Å². The van der Waals surface area contributed by atoms with Crippen LogP contribution in [-0.4, -0.2) is 31.5 Å². The normalized spacial score (nSPS) is 17.1. The standard InChI is InChI=1S/C24H21N5O2S/c1-13-7-5-8-14(2)20(13)28-15(3)11-17(16(28)4)12-18-21(25)29-24(26-22(18)30)32-23(27-29)19-9-6-10-31-19/h5-12,25H,1-4H3/b18-12-,25-21?. The molecule has 0 radical (unpaired) electrons. The molecular weight excluding hydrogens is 422 g/mol. The van der Waals surface area contributed by atoms with Crippen LogP contribution in [-0.2, 0) is 4.79 Å². The molecular formula is C24H21N5O2S. The van der Waals surface area contributed by atoms with Crippen LogP contribution in [0.15, 0.2) is 62.7 Å². The van der Waals surface area contributed by atoms with Gasteiger partial charge in [-0.25, -0.2) is 0 Å². The summed E-state index contributed by atoms with van der Waals surface area (Å²) in [7, 11) is 0. The molecule has 2 aromatic heterocycles. The zero-order chi connectivity index (χ0) is 22.6. The summed E-state index contributed by atoms with van der Waals surface area (Å²) < 4.78 is 7.59. The zero-order valence-electron chi connectivity index (χ0n) is 18.1. The lowest BCUT2D eigenvalue weighted by Gasteiger charge is -2.20. The van der Waals surface area contributed by atoms with Gasteiger partial charge in [0.25, 0.3) is 5.91 Å². The Morgan fingerprint density at radius 2 is 1.84 bits per heavy atom. The van der Waals surface area contributed by atoms with E-state index >= 15 is 0 Å². The maximum Gasteiger partial charge on any atom is 0.283 e. The SMILES string of the molecule is Cc1cccc(C)c1-n1c(C)cc(/C=C2/C(=N)N3N=C(c4ccco4)SC3=NC2=O)c1C. The van der Waals surface area contributed by atoms with Gasteiger partial charge >= 0.3 is 0 Å². The minimum Gasteiger partial charge on any atom is -0.462 e. The number of carbonyl (C=O) groups is 1. The highest BCUT2D eigenvalue weighted by atomic mass is 32.2. The summed E-state index contributed by atoms with van der Waals surface area (Å²) in [6.45, 7) is 8.25. The largest absolute Gasteiger partial charge is 0.462 e. The Kier molecular flexibility index (Phi) is 4.74. The predicted octanol–water partition coefficient (Wildman–Crippen LogP) is 4.97. The molecule has 8 heteroatoms. The summed E-state index contributed by atoms with van der Waals surface area (Å²) in [6.07, 6.45) is 3.30. The van der Waals surface area contributed by atoms with Crippen molar-refractivity contribution in [2.75, 3.05) is 0 Å². The van der Waals surface area contributed by atoms with Gasteiger partial charge in [0.15, 0.2) is 16.6 Å². The van der Waals surface area contributed by atoms with Crippen molar-refractivity contribution in [3.63, 3.8) is 0 Å². The molecule has 2 aliphatic heterocycles. The van der Waals surface area contributed by atoms with Gasteiger partial charge in [-0.3, -0.25) is 10.2 Å². The van der Waals surface area contributed by atoms with E-state index in [0.717, 1.165) is 22.6 Å². The minimum absolute atomic E-state index is 0.00549. The van der Waals surface area contributed by atoms with Crippen molar-refractivity contribution in [3.05, 3.63) is 82.1 Å². The van der Waals surface area contributed by atoms with Crippen molar-refractivity contribution >= 4 is 39.8 Å².